The van der Waals surface area contributed by atoms with Crippen molar-refractivity contribution >= 4 is 16.2 Å². The second kappa shape index (κ2) is 8.48. The molecule has 8 nitrogen and oxygen atoms in total. The van der Waals surface area contributed by atoms with Crippen LogP contribution in [0, 0.1) is 0 Å². The normalized spacial score (nSPS) is 12.0. The third-order valence-corrected chi connectivity index (χ3v) is 4.11. The number of unbranched alkanes of at least 4 members (excludes halogenated alkanes) is 3. The van der Waals surface area contributed by atoms with Gasteiger partial charge in [0.05, 0.1) is 0 Å². The summed E-state index contributed by atoms with van der Waals surface area (Å²) in [4.78, 5) is 24.1. The molecular formula is C16H26N2O6S. The van der Waals surface area contributed by atoms with Crippen molar-refractivity contribution in [1.82, 2.24) is 4.68 Å². The lowest BCUT2D eigenvalue weighted by atomic mass is 10.2. The first kappa shape index (κ1) is 21.2. The van der Waals surface area contributed by atoms with Gasteiger partial charge in [-0.25, -0.2) is 14.5 Å². The summed E-state index contributed by atoms with van der Waals surface area (Å²) in [6.07, 6.45) is 4.00. The number of pyridine rings is 1. The lowest BCUT2D eigenvalue weighted by Gasteiger charge is -2.28. The second-order valence-corrected chi connectivity index (χ2v) is 8.11. The first-order valence-electron chi connectivity index (χ1n) is 8.16. The predicted octanol–water partition coefficient (Wildman–Crippen LogP) is 2.55. The smallest absolute Gasteiger partial charge is 0.429 e. The van der Waals surface area contributed by atoms with Crippen LogP contribution in [0.3, 0.4) is 0 Å². The van der Waals surface area contributed by atoms with E-state index in [1.807, 2.05) is 0 Å². The third-order valence-electron chi connectivity index (χ3n) is 3.26. The van der Waals surface area contributed by atoms with E-state index in [4.69, 9.17) is 9.29 Å². The summed E-state index contributed by atoms with van der Waals surface area (Å²) >= 11 is 0. The molecule has 1 aromatic heterocycles. The number of rotatable bonds is 7. The monoisotopic (exact) mass is 374 g/mol. The molecule has 0 saturated heterocycles. The molecule has 0 atom stereocenters. The lowest BCUT2D eigenvalue weighted by molar-refractivity contribution is 0.0535. The Morgan fingerprint density at radius 1 is 1.28 bits per heavy atom. The van der Waals surface area contributed by atoms with Crippen LogP contribution in [0.1, 0.15) is 53.4 Å². The number of aromatic nitrogens is 1. The highest BCUT2D eigenvalue weighted by atomic mass is 32.2. The average molecular weight is 374 g/mol. The molecule has 9 heteroatoms. The number of ether oxygens (including phenoxy) is 1. The van der Waals surface area contributed by atoms with E-state index in [1.165, 1.54) is 0 Å². The largest absolute Gasteiger partial charge is 0.442 e. The summed E-state index contributed by atoms with van der Waals surface area (Å²) in [6, 6.07) is 1.82. The Morgan fingerprint density at radius 3 is 2.40 bits per heavy atom. The Hall–Kier alpha value is -1.87. The van der Waals surface area contributed by atoms with Gasteiger partial charge in [-0.3, -0.25) is 9.35 Å². The van der Waals surface area contributed by atoms with Crippen LogP contribution in [0.4, 0.5) is 4.79 Å². The van der Waals surface area contributed by atoms with Gasteiger partial charge in [0.2, 0.25) is 0 Å². The maximum Gasteiger partial charge on any atom is 0.429 e. The van der Waals surface area contributed by atoms with Crippen molar-refractivity contribution in [2.75, 3.05) is 11.6 Å². The van der Waals surface area contributed by atoms with Crippen LogP contribution in [-0.2, 0) is 14.9 Å². The van der Waals surface area contributed by atoms with Gasteiger partial charge in [0.1, 0.15) is 10.5 Å². The highest BCUT2D eigenvalue weighted by Crippen LogP contribution is 2.11. The minimum Gasteiger partial charge on any atom is -0.442 e. The molecule has 1 aromatic rings. The van der Waals surface area contributed by atoms with E-state index < -0.39 is 32.3 Å². The maximum absolute atomic E-state index is 12.4. The topological polar surface area (TPSA) is 106 Å². The molecule has 1 N–H and O–H groups in total. The molecule has 0 aromatic carbocycles. The molecule has 25 heavy (non-hydrogen) atoms. The van der Waals surface area contributed by atoms with Crippen LogP contribution in [0.2, 0.25) is 0 Å². The predicted molar refractivity (Wildman–Crippen MR) is 94.0 cm³/mol. The fraction of sp³-hybridized carbons (Fsp3) is 0.625. The summed E-state index contributed by atoms with van der Waals surface area (Å²) in [5, 5.41) is 1.14. The molecule has 0 radical (unpaired) electrons. The molecule has 1 amide bonds. The highest BCUT2D eigenvalue weighted by Gasteiger charge is 2.24. The summed E-state index contributed by atoms with van der Waals surface area (Å²) in [5.41, 5.74) is -1.49. The van der Waals surface area contributed by atoms with Gasteiger partial charge in [0.25, 0.3) is 15.7 Å². The fourth-order valence-electron chi connectivity index (χ4n) is 2.10. The standard InChI is InChI=1S/C16H26N2O6S/c1-5-6-7-8-10-18(15(20)24-16(2,3)4)17-11-9-13(12-14(17)19)25(21,22)23/h9,11-12H,5-8,10H2,1-4H3,(H,21,22,23). The minimum absolute atomic E-state index is 0.250. The van der Waals surface area contributed by atoms with Crippen LogP contribution < -0.4 is 10.6 Å². The summed E-state index contributed by atoms with van der Waals surface area (Å²) < 4.78 is 37.6. The molecule has 0 saturated carbocycles. The van der Waals surface area contributed by atoms with E-state index >= 15 is 0 Å². The van der Waals surface area contributed by atoms with Gasteiger partial charge in [-0.05, 0) is 33.3 Å². The van der Waals surface area contributed by atoms with E-state index in [0.29, 0.717) is 6.42 Å². The Kier molecular flexibility index (Phi) is 7.18. The number of hydrogen-bond donors (Lipinski definition) is 1. The van der Waals surface area contributed by atoms with Gasteiger partial charge >= 0.3 is 6.09 Å². The SMILES string of the molecule is CCCCCCN(C(=O)OC(C)(C)C)n1ccc(S(=O)(=O)O)cc1=O. The van der Waals surface area contributed by atoms with Gasteiger partial charge in [0.15, 0.2) is 0 Å². The zero-order chi connectivity index (χ0) is 19.3. The summed E-state index contributed by atoms with van der Waals surface area (Å²) in [5.74, 6) is 0. The zero-order valence-corrected chi connectivity index (χ0v) is 15.9. The summed E-state index contributed by atoms with van der Waals surface area (Å²) in [7, 11) is -4.49. The lowest BCUT2D eigenvalue weighted by Crippen LogP contribution is -2.48. The molecular weight excluding hydrogens is 348 g/mol. The van der Waals surface area contributed by atoms with Gasteiger partial charge in [0, 0.05) is 18.8 Å². The molecule has 0 aliphatic carbocycles. The first-order chi connectivity index (χ1) is 11.5. The van der Waals surface area contributed by atoms with Crippen molar-refractivity contribution in [3.63, 3.8) is 0 Å². The Morgan fingerprint density at radius 2 is 1.92 bits per heavy atom. The van der Waals surface area contributed by atoms with Crippen LogP contribution in [-0.4, -0.2) is 35.9 Å². The maximum atomic E-state index is 12.4. The van der Waals surface area contributed by atoms with Crippen molar-refractivity contribution in [2.24, 2.45) is 0 Å². The Labute approximate surface area is 148 Å². The molecule has 0 bridgehead atoms. The average Bonchev–Trinajstić information content (AvgIpc) is 2.45. The second-order valence-electron chi connectivity index (χ2n) is 6.68. The van der Waals surface area contributed by atoms with Crippen LogP contribution in [0.15, 0.2) is 28.0 Å². The molecule has 0 aliphatic rings. The molecule has 1 rings (SSSR count). The minimum atomic E-state index is -4.49. The number of carbonyl (C=O) groups is 1. The molecule has 142 valence electrons. The van der Waals surface area contributed by atoms with E-state index in [0.717, 1.165) is 47.3 Å². The molecule has 1 heterocycles. The van der Waals surface area contributed by atoms with E-state index in [1.54, 1.807) is 20.8 Å². The Bertz CT molecular complexity index is 749. The summed E-state index contributed by atoms with van der Waals surface area (Å²) in [6.45, 7) is 7.45. The number of nitrogens with zero attached hydrogens (tertiary/aromatic N) is 2. The van der Waals surface area contributed by atoms with Gasteiger partial charge < -0.3 is 4.74 Å². The third kappa shape index (κ3) is 6.87. The van der Waals surface area contributed by atoms with Crippen molar-refractivity contribution in [3.05, 3.63) is 28.7 Å². The van der Waals surface area contributed by atoms with E-state index in [9.17, 15) is 18.0 Å². The van der Waals surface area contributed by atoms with Crippen molar-refractivity contribution in [1.29, 1.82) is 0 Å². The number of hydrogen-bond acceptors (Lipinski definition) is 5. The molecule has 0 spiro atoms. The van der Waals surface area contributed by atoms with Crippen LogP contribution in [0.5, 0.6) is 0 Å². The van der Waals surface area contributed by atoms with E-state index in [-0.39, 0.29) is 6.54 Å². The molecule has 0 unspecified atom stereocenters. The van der Waals surface area contributed by atoms with Crippen molar-refractivity contribution in [3.8, 4) is 0 Å². The van der Waals surface area contributed by atoms with Crippen LogP contribution in [0.25, 0.3) is 0 Å². The van der Waals surface area contributed by atoms with Gasteiger partial charge in [-0.1, -0.05) is 26.2 Å². The molecule has 0 fully saturated rings. The van der Waals surface area contributed by atoms with Crippen LogP contribution >= 0.6 is 0 Å². The van der Waals surface area contributed by atoms with Gasteiger partial charge in [-0.15, -0.1) is 0 Å². The van der Waals surface area contributed by atoms with Crippen molar-refractivity contribution < 1.29 is 22.5 Å². The van der Waals surface area contributed by atoms with Gasteiger partial charge in [-0.2, -0.15) is 8.42 Å². The van der Waals surface area contributed by atoms with E-state index in [2.05, 4.69) is 6.92 Å². The molecule has 0 aliphatic heterocycles. The Balaban J connectivity index is 3.14. The zero-order valence-electron chi connectivity index (χ0n) is 15.1. The number of carbonyl (C=O) groups excluding carboxylic acids is 1. The first-order valence-corrected chi connectivity index (χ1v) is 9.60. The highest BCUT2D eigenvalue weighted by molar-refractivity contribution is 7.85. The quantitative estimate of drug-likeness (QED) is 0.581. The van der Waals surface area contributed by atoms with Crippen molar-refractivity contribution in [2.45, 2.75) is 63.9 Å². The number of amides is 1. The fourth-order valence-corrected chi connectivity index (χ4v) is 2.59.